The molecular formula is C15H13BrClNOS. The van der Waals surface area contributed by atoms with Gasteiger partial charge < -0.3 is 4.98 Å². The molecule has 104 valence electrons. The van der Waals surface area contributed by atoms with Gasteiger partial charge in [-0.15, -0.1) is 11.8 Å². The molecule has 0 radical (unpaired) electrons. The predicted molar refractivity (Wildman–Crippen MR) is 87.8 cm³/mol. The number of rotatable bonds is 3. The van der Waals surface area contributed by atoms with E-state index in [0.717, 1.165) is 40.6 Å². The first-order valence-corrected chi connectivity index (χ1v) is 8.62. The molecule has 1 aliphatic carbocycles. The SMILES string of the molecule is O=c1[nH]c(SCc2ccccc2Cl)c2c(c1Br)CCC2. The second kappa shape index (κ2) is 5.96. The largest absolute Gasteiger partial charge is 0.316 e. The fourth-order valence-electron chi connectivity index (χ4n) is 2.50. The van der Waals surface area contributed by atoms with Crippen LogP contribution in [0.25, 0.3) is 0 Å². The molecule has 0 spiro atoms. The van der Waals surface area contributed by atoms with Crippen molar-refractivity contribution < 1.29 is 0 Å². The lowest BCUT2D eigenvalue weighted by Gasteiger charge is -2.10. The van der Waals surface area contributed by atoms with Gasteiger partial charge in [0.05, 0.1) is 9.50 Å². The number of pyridine rings is 1. The maximum absolute atomic E-state index is 11.9. The fourth-order valence-corrected chi connectivity index (χ4v) is 4.43. The van der Waals surface area contributed by atoms with Crippen LogP contribution >= 0.6 is 39.3 Å². The van der Waals surface area contributed by atoms with E-state index in [4.69, 9.17) is 11.6 Å². The van der Waals surface area contributed by atoms with Crippen molar-refractivity contribution in [1.82, 2.24) is 4.98 Å². The molecule has 1 aromatic heterocycles. The van der Waals surface area contributed by atoms with Crippen LogP contribution < -0.4 is 5.56 Å². The molecule has 0 saturated carbocycles. The molecule has 1 heterocycles. The highest BCUT2D eigenvalue weighted by Gasteiger charge is 2.20. The van der Waals surface area contributed by atoms with E-state index in [1.54, 1.807) is 11.8 Å². The molecule has 0 atom stereocenters. The second-order valence-electron chi connectivity index (χ2n) is 4.79. The number of aromatic nitrogens is 1. The summed E-state index contributed by atoms with van der Waals surface area (Å²) in [6.45, 7) is 0. The molecule has 1 aliphatic rings. The highest BCUT2D eigenvalue weighted by Crippen LogP contribution is 2.34. The van der Waals surface area contributed by atoms with E-state index in [2.05, 4.69) is 20.9 Å². The summed E-state index contributed by atoms with van der Waals surface area (Å²) in [4.78, 5) is 14.9. The summed E-state index contributed by atoms with van der Waals surface area (Å²) >= 11 is 11.2. The van der Waals surface area contributed by atoms with Gasteiger partial charge >= 0.3 is 0 Å². The molecule has 20 heavy (non-hydrogen) atoms. The number of fused-ring (bicyclic) bond motifs is 1. The highest BCUT2D eigenvalue weighted by atomic mass is 79.9. The number of nitrogens with one attached hydrogen (secondary N) is 1. The maximum Gasteiger partial charge on any atom is 0.263 e. The Hall–Kier alpha value is -0.710. The van der Waals surface area contributed by atoms with Crippen LogP contribution in [-0.2, 0) is 18.6 Å². The van der Waals surface area contributed by atoms with Crippen LogP contribution in [0.3, 0.4) is 0 Å². The third-order valence-corrected chi connectivity index (χ3v) is 5.81. The average Bonchev–Trinajstić information content (AvgIpc) is 2.92. The van der Waals surface area contributed by atoms with E-state index in [1.807, 2.05) is 24.3 Å². The van der Waals surface area contributed by atoms with Gasteiger partial charge in [0.2, 0.25) is 0 Å². The molecule has 0 unspecified atom stereocenters. The van der Waals surface area contributed by atoms with E-state index >= 15 is 0 Å². The maximum atomic E-state index is 11.9. The molecule has 0 bridgehead atoms. The molecule has 2 aromatic rings. The molecule has 0 saturated heterocycles. The van der Waals surface area contributed by atoms with Crippen molar-refractivity contribution in [2.75, 3.05) is 0 Å². The molecule has 0 amide bonds. The fraction of sp³-hybridized carbons (Fsp3) is 0.267. The van der Waals surface area contributed by atoms with Crippen LogP contribution in [0, 0.1) is 0 Å². The number of halogens is 2. The third kappa shape index (κ3) is 2.69. The summed E-state index contributed by atoms with van der Waals surface area (Å²) < 4.78 is 0.701. The van der Waals surface area contributed by atoms with Crippen molar-refractivity contribution in [3.63, 3.8) is 0 Å². The highest BCUT2D eigenvalue weighted by molar-refractivity contribution is 9.10. The van der Waals surface area contributed by atoms with E-state index < -0.39 is 0 Å². The van der Waals surface area contributed by atoms with Gasteiger partial charge in [0.1, 0.15) is 0 Å². The van der Waals surface area contributed by atoms with Gasteiger partial charge in [-0.1, -0.05) is 29.8 Å². The van der Waals surface area contributed by atoms with Crippen molar-refractivity contribution in [2.24, 2.45) is 0 Å². The summed E-state index contributed by atoms with van der Waals surface area (Å²) in [5, 5.41) is 1.77. The zero-order valence-electron chi connectivity index (χ0n) is 10.7. The van der Waals surface area contributed by atoms with Gasteiger partial charge in [-0.25, -0.2) is 0 Å². The Morgan fingerprint density at radius 2 is 2.00 bits per heavy atom. The third-order valence-electron chi connectivity index (χ3n) is 3.51. The molecular weight excluding hydrogens is 358 g/mol. The number of H-pyrrole nitrogens is 1. The van der Waals surface area contributed by atoms with Gasteiger partial charge in [-0.3, -0.25) is 4.79 Å². The van der Waals surface area contributed by atoms with Gasteiger partial charge in [-0.2, -0.15) is 0 Å². The smallest absolute Gasteiger partial charge is 0.263 e. The first-order chi connectivity index (χ1) is 9.66. The molecule has 5 heteroatoms. The topological polar surface area (TPSA) is 32.9 Å². The van der Waals surface area contributed by atoms with Gasteiger partial charge in [0.25, 0.3) is 5.56 Å². The number of hydrogen-bond donors (Lipinski definition) is 1. The molecule has 1 aromatic carbocycles. The van der Waals surface area contributed by atoms with Crippen molar-refractivity contribution in [3.8, 4) is 0 Å². The van der Waals surface area contributed by atoms with Crippen molar-refractivity contribution in [1.29, 1.82) is 0 Å². The quantitative estimate of drug-likeness (QED) is 0.803. The predicted octanol–water partition coefficient (Wildman–Crippen LogP) is 4.57. The minimum Gasteiger partial charge on any atom is -0.316 e. The van der Waals surface area contributed by atoms with Crippen LogP contribution in [0.1, 0.15) is 23.1 Å². The van der Waals surface area contributed by atoms with Crippen molar-refractivity contribution in [2.45, 2.75) is 30.0 Å². The van der Waals surface area contributed by atoms with Crippen LogP contribution in [0.15, 0.2) is 38.6 Å². The van der Waals surface area contributed by atoms with Gasteiger partial charge in [0.15, 0.2) is 0 Å². The van der Waals surface area contributed by atoms with Gasteiger partial charge in [-0.05, 0) is 57.9 Å². The van der Waals surface area contributed by atoms with Crippen LogP contribution in [0.4, 0.5) is 0 Å². The Labute approximate surface area is 135 Å². The summed E-state index contributed by atoms with van der Waals surface area (Å²) in [5.74, 6) is 0.768. The van der Waals surface area contributed by atoms with E-state index in [1.165, 1.54) is 11.1 Å². The molecule has 1 N–H and O–H groups in total. The Morgan fingerprint density at radius 3 is 2.80 bits per heavy atom. The minimum atomic E-state index is -0.0349. The second-order valence-corrected chi connectivity index (χ2v) is 6.97. The molecule has 0 aliphatic heterocycles. The summed E-state index contributed by atoms with van der Waals surface area (Å²) in [5.41, 5.74) is 3.52. The zero-order chi connectivity index (χ0) is 14.1. The van der Waals surface area contributed by atoms with Gasteiger partial charge in [0, 0.05) is 10.8 Å². The van der Waals surface area contributed by atoms with Crippen molar-refractivity contribution >= 4 is 39.3 Å². The number of aromatic amines is 1. The first kappa shape index (κ1) is 14.2. The normalized spacial score (nSPS) is 13.5. The van der Waals surface area contributed by atoms with E-state index in [9.17, 15) is 4.79 Å². The number of thioether (sulfide) groups is 1. The molecule has 0 fully saturated rings. The Kier molecular flexibility index (Phi) is 4.24. The lowest BCUT2D eigenvalue weighted by molar-refractivity contribution is 0.898. The summed E-state index contributed by atoms with van der Waals surface area (Å²) in [6, 6.07) is 7.82. The minimum absolute atomic E-state index is 0.0349. The first-order valence-electron chi connectivity index (χ1n) is 6.46. The summed E-state index contributed by atoms with van der Waals surface area (Å²) in [6.07, 6.45) is 3.14. The van der Waals surface area contributed by atoms with E-state index in [0.29, 0.717) is 4.47 Å². The zero-order valence-corrected chi connectivity index (χ0v) is 13.9. The monoisotopic (exact) mass is 369 g/mol. The Balaban J connectivity index is 1.89. The molecule has 3 rings (SSSR count). The van der Waals surface area contributed by atoms with E-state index in [-0.39, 0.29) is 5.56 Å². The summed E-state index contributed by atoms with van der Waals surface area (Å²) in [7, 11) is 0. The van der Waals surface area contributed by atoms with Crippen LogP contribution in [0.5, 0.6) is 0 Å². The van der Waals surface area contributed by atoms with Crippen molar-refractivity contribution in [3.05, 3.63) is 60.8 Å². The molecule has 2 nitrogen and oxygen atoms in total. The Bertz CT molecular complexity index is 714. The Morgan fingerprint density at radius 1 is 1.25 bits per heavy atom. The number of benzene rings is 1. The number of hydrogen-bond acceptors (Lipinski definition) is 2. The average molecular weight is 371 g/mol. The lowest BCUT2D eigenvalue weighted by atomic mass is 10.2. The standard InChI is InChI=1S/C15H13BrClNOS/c16-13-10-5-3-6-11(10)15(18-14(13)19)20-8-9-4-1-2-7-12(9)17/h1-2,4,7H,3,5-6,8H2,(H,18,19). The lowest BCUT2D eigenvalue weighted by Crippen LogP contribution is -2.11. The van der Waals surface area contributed by atoms with Crippen LogP contribution in [0.2, 0.25) is 5.02 Å². The van der Waals surface area contributed by atoms with Crippen LogP contribution in [-0.4, -0.2) is 4.98 Å².